The largest absolute Gasteiger partial charge is 0.545 e. The number of aromatic carboxylic acids is 2. The number of aryl methyl sites for hydroxylation is 1. The van der Waals surface area contributed by atoms with Gasteiger partial charge in [0.1, 0.15) is 5.75 Å². The van der Waals surface area contributed by atoms with Crippen LogP contribution in [0.3, 0.4) is 0 Å². The number of carbonyl (C=O) groups excluding carboxylic acids is 2. The Balaban J connectivity index is 2.02. The maximum atomic E-state index is 11.1. The van der Waals surface area contributed by atoms with E-state index < -0.39 is 23.1 Å². The fraction of sp³-hybridized carbons (Fsp3) is 0.176. The number of carbonyl (C=O) groups is 2. The van der Waals surface area contributed by atoms with Gasteiger partial charge in [-0.1, -0.05) is 42.5 Å². The van der Waals surface area contributed by atoms with Crippen LogP contribution < -0.4 is 14.9 Å². The molecule has 0 saturated heterocycles. The van der Waals surface area contributed by atoms with E-state index in [0.717, 1.165) is 18.1 Å². The van der Waals surface area contributed by atoms with Gasteiger partial charge in [-0.15, -0.1) is 0 Å². The normalized spacial score (nSPS) is 10.2. The number of rotatable bonds is 7. The van der Waals surface area contributed by atoms with Crippen LogP contribution in [-0.4, -0.2) is 18.5 Å². The molecule has 5 nitrogen and oxygen atoms in total. The van der Waals surface area contributed by atoms with Crippen LogP contribution in [0.15, 0.2) is 48.5 Å². The van der Waals surface area contributed by atoms with Gasteiger partial charge >= 0.3 is 0 Å². The van der Waals surface area contributed by atoms with Crippen molar-refractivity contribution in [3.8, 4) is 5.75 Å². The second kappa shape index (κ2) is 7.26. The van der Waals surface area contributed by atoms with E-state index in [0.29, 0.717) is 6.42 Å². The van der Waals surface area contributed by atoms with Crippen molar-refractivity contribution < 1.29 is 24.5 Å². The zero-order valence-electron chi connectivity index (χ0n) is 11.8. The summed E-state index contributed by atoms with van der Waals surface area (Å²) in [5, 5.41) is 22.1. The summed E-state index contributed by atoms with van der Waals surface area (Å²) in [7, 11) is 0. The first-order chi connectivity index (χ1) is 10.6. The number of ether oxygens (including phenoxy) is 1. The van der Waals surface area contributed by atoms with Crippen molar-refractivity contribution in [2.24, 2.45) is 0 Å². The highest BCUT2D eigenvalue weighted by Crippen LogP contribution is 2.22. The number of hydrogen-bond acceptors (Lipinski definition) is 5. The third kappa shape index (κ3) is 3.85. The molecule has 5 heteroatoms. The maximum Gasteiger partial charge on any atom is 0.129 e. The van der Waals surface area contributed by atoms with Crippen LogP contribution in [0, 0.1) is 0 Å². The van der Waals surface area contributed by atoms with Gasteiger partial charge < -0.3 is 24.5 Å². The highest BCUT2D eigenvalue weighted by Gasteiger charge is 2.11. The zero-order chi connectivity index (χ0) is 15.9. The molecule has 0 aromatic heterocycles. The molecule has 0 bridgehead atoms. The lowest BCUT2D eigenvalue weighted by atomic mass is 10.1. The molecule has 0 radical (unpaired) electrons. The molecule has 0 fully saturated rings. The van der Waals surface area contributed by atoms with Crippen LogP contribution in [0.2, 0.25) is 0 Å². The van der Waals surface area contributed by atoms with Crippen molar-refractivity contribution in [3.05, 3.63) is 65.2 Å². The van der Waals surface area contributed by atoms with Crippen molar-refractivity contribution >= 4 is 11.9 Å². The van der Waals surface area contributed by atoms with E-state index in [1.165, 1.54) is 12.1 Å². The number of carboxylic acids is 2. The summed E-state index contributed by atoms with van der Waals surface area (Å²) in [6, 6.07) is 13.7. The molecule has 2 rings (SSSR count). The van der Waals surface area contributed by atoms with Crippen LogP contribution >= 0.6 is 0 Å². The predicted octanol–water partition coefficient (Wildman–Crippen LogP) is 0.425. The molecule has 0 spiro atoms. The van der Waals surface area contributed by atoms with Gasteiger partial charge in [-0.05, 0) is 24.5 Å². The minimum Gasteiger partial charge on any atom is -0.545 e. The van der Waals surface area contributed by atoms with E-state index in [4.69, 9.17) is 4.74 Å². The summed E-state index contributed by atoms with van der Waals surface area (Å²) >= 11 is 0. The summed E-state index contributed by atoms with van der Waals surface area (Å²) < 4.78 is 5.40. The molecule has 22 heavy (non-hydrogen) atoms. The van der Waals surface area contributed by atoms with Crippen LogP contribution in [0.1, 0.15) is 32.7 Å². The van der Waals surface area contributed by atoms with Gasteiger partial charge in [0.2, 0.25) is 0 Å². The van der Waals surface area contributed by atoms with Crippen LogP contribution in [0.25, 0.3) is 0 Å². The Morgan fingerprint density at radius 1 is 0.909 bits per heavy atom. The number of carboxylic acid groups (broad SMARTS) is 2. The Labute approximate surface area is 127 Å². The molecule has 0 aliphatic heterocycles. The Kier molecular flexibility index (Phi) is 5.14. The molecule has 2 aromatic rings. The molecular formula is C17H14O5-2. The molecule has 0 amide bonds. The number of benzene rings is 2. The highest BCUT2D eigenvalue weighted by atomic mass is 16.5. The van der Waals surface area contributed by atoms with Gasteiger partial charge in [0.15, 0.2) is 0 Å². The molecule has 0 heterocycles. The lowest BCUT2D eigenvalue weighted by Gasteiger charge is -2.16. The minimum atomic E-state index is -1.60. The van der Waals surface area contributed by atoms with E-state index >= 15 is 0 Å². The molecule has 114 valence electrons. The molecular weight excluding hydrogens is 284 g/mol. The third-order valence-corrected chi connectivity index (χ3v) is 3.16. The molecule has 2 aromatic carbocycles. The average molecular weight is 298 g/mol. The summed E-state index contributed by atoms with van der Waals surface area (Å²) in [6.45, 7) is 0.270. The molecule has 0 aliphatic rings. The molecule has 0 aliphatic carbocycles. The van der Waals surface area contributed by atoms with E-state index in [9.17, 15) is 19.8 Å². The van der Waals surface area contributed by atoms with Crippen LogP contribution in [0.5, 0.6) is 5.75 Å². The molecule has 0 saturated carbocycles. The second-order valence-electron chi connectivity index (χ2n) is 4.69. The Hall–Kier alpha value is -2.82. The van der Waals surface area contributed by atoms with Crippen molar-refractivity contribution in [2.45, 2.75) is 12.8 Å². The van der Waals surface area contributed by atoms with Gasteiger partial charge in [-0.3, -0.25) is 0 Å². The lowest BCUT2D eigenvalue weighted by molar-refractivity contribution is -0.259. The maximum absolute atomic E-state index is 11.1. The SMILES string of the molecule is O=C([O-])c1cccc(OCCCc2ccccc2)c1C(=O)[O-]. The quantitative estimate of drug-likeness (QED) is 0.691. The van der Waals surface area contributed by atoms with Crippen molar-refractivity contribution in [3.63, 3.8) is 0 Å². The number of hydrogen-bond donors (Lipinski definition) is 0. The Morgan fingerprint density at radius 3 is 2.27 bits per heavy atom. The molecule has 0 N–H and O–H groups in total. The Morgan fingerprint density at radius 2 is 1.64 bits per heavy atom. The van der Waals surface area contributed by atoms with E-state index in [1.54, 1.807) is 0 Å². The average Bonchev–Trinajstić information content (AvgIpc) is 2.52. The van der Waals surface area contributed by atoms with Gasteiger partial charge in [-0.25, -0.2) is 0 Å². The zero-order valence-corrected chi connectivity index (χ0v) is 11.8. The fourth-order valence-corrected chi connectivity index (χ4v) is 2.14. The van der Waals surface area contributed by atoms with E-state index in [1.807, 2.05) is 30.3 Å². The topological polar surface area (TPSA) is 89.5 Å². The first kappa shape index (κ1) is 15.6. The summed E-state index contributed by atoms with van der Waals surface area (Å²) in [5.74, 6) is -3.19. The minimum absolute atomic E-state index is 0.0187. The van der Waals surface area contributed by atoms with Gasteiger partial charge in [0.05, 0.1) is 18.5 Å². The van der Waals surface area contributed by atoms with E-state index in [2.05, 4.69) is 0 Å². The fourth-order valence-electron chi connectivity index (χ4n) is 2.14. The van der Waals surface area contributed by atoms with Crippen LogP contribution in [0.4, 0.5) is 0 Å². The van der Waals surface area contributed by atoms with Gasteiger partial charge in [0.25, 0.3) is 0 Å². The molecule has 0 atom stereocenters. The highest BCUT2D eigenvalue weighted by molar-refractivity contribution is 6.02. The summed E-state index contributed by atoms with van der Waals surface area (Å²) in [5.41, 5.74) is 0.220. The van der Waals surface area contributed by atoms with E-state index in [-0.39, 0.29) is 12.4 Å². The second-order valence-corrected chi connectivity index (χ2v) is 4.69. The lowest BCUT2D eigenvalue weighted by Crippen LogP contribution is -2.30. The van der Waals surface area contributed by atoms with Crippen molar-refractivity contribution in [2.75, 3.05) is 6.61 Å². The third-order valence-electron chi connectivity index (χ3n) is 3.16. The summed E-state index contributed by atoms with van der Waals surface area (Å²) in [4.78, 5) is 22.1. The standard InChI is InChI=1S/C17H16O5/c18-16(19)13-9-4-10-14(15(13)17(20)21)22-11-5-8-12-6-2-1-3-7-12/h1-4,6-7,9-10H,5,8,11H2,(H,18,19)(H,20,21)/p-2. The van der Waals surface area contributed by atoms with Gasteiger partial charge in [-0.2, -0.15) is 0 Å². The first-order valence-corrected chi connectivity index (χ1v) is 6.82. The smallest absolute Gasteiger partial charge is 0.129 e. The molecule has 0 unspecified atom stereocenters. The first-order valence-electron chi connectivity index (χ1n) is 6.82. The summed E-state index contributed by atoms with van der Waals surface area (Å²) in [6.07, 6.45) is 1.45. The predicted molar refractivity (Wildman–Crippen MR) is 75.4 cm³/mol. The monoisotopic (exact) mass is 298 g/mol. The van der Waals surface area contributed by atoms with Crippen LogP contribution in [-0.2, 0) is 6.42 Å². The van der Waals surface area contributed by atoms with Gasteiger partial charge in [0, 0.05) is 11.1 Å². The Bertz CT molecular complexity index is 664. The van der Waals surface area contributed by atoms with Crippen molar-refractivity contribution in [1.82, 2.24) is 0 Å². The van der Waals surface area contributed by atoms with Crippen molar-refractivity contribution in [1.29, 1.82) is 0 Å².